The van der Waals surface area contributed by atoms with E-state index < -0.39 is 0 Å². The number of carbonyl (C=O) groups excluding carboxylic acids is 1. The van der Waals surface area contributed by atoms with Gasteiger partial charge >= 0.3 is 0 Å². The third-order valence-electron chi connectivity index (χ3n) is 3.59. The molecule has 0 atom stereocenters. The van der Waals surface area contributed by atoms with E-state index >= 15 is 0 Å². The molecule has 19 heavy (non-hydrogen) atoms. The Morgan fingerprint density at radius 3 is 2.68 bits per heavy atom. The molecule has 1 N–H and O–H groups in total. The Hall–Kier alpha value is -0.650. The van der Waals surface area contributed by atoms with Gasteiger partial charge in [-0.1, -0.05) is 18.9 Å². The summed E-state index contributed by atoms with van der Waals surface area (Å²) in [5, 5.41) is 7.32. The third kappa shape index (κ3) is 2.64. The molecule has 5 heteroatoms. The van der Waals surface area contributed by atoms with Crippen LogP contribution in [0.2, 0.25) is 0 Å². The van der Waals surface area contributed by atoms with Gasteiger partial charge in [0, 0.05) is 14.7 Å². The first-order valence-corrected chi connectivity index (χ1v) is 8.85. The zero-order chi connectivity index (χ0) is 13.3. The van der Waals surface area contributed by atoms with E-state index in [0.717, 1.165) is 22.2 Å². The van der Waals surface area contributed by atoms with Gasteiger partial charge in [-0.3, -0.25) is 4.79 Å². The third-order valence-corrected chi connectivity index (χ3v) is 6.36. The summed E-state index contributed by atoms with van der Waals surface area (Å²) in [5.74, 6) is 0.0472. The van der Waals surface area contributed by atoms with Crippen molar-refractivity contribution in [3.05, 3.63) is 43.2 Å². The minimum atomic E-state index is -0.137. The molecule has 0 radical (unpaired) electrons. The standard InChI is InChI=1S/C14H14BrNOS2/c15-10-8-11(19-9-10)13(17)16-14(5-1-2-6-14)12-4-3-7-18-12/h3-4,7-9H,1-2,5-6H2,(H,16,17). The minimum absolute atomic E-state index is 0.0472. The molecule has 3 rings (SSSR count). The van der Waals surface area contributed by atoms with Crippen molar-refractivity contribution in [2.24, 2.45) is 0 Å². The molecule has 0 unspecified atom stereocenters. The van der Waals surface area contributed by atoms with Crippen LogP contribution in [0.3, 0.4) is 0 Å². The van der Waals surface area contributed by atoms with Crippen molar-refractivity contribution in [1.82, 2.24) is 5.32 Å². The van der Waals surface area contributed by atoms with Gasteiger partial charge in [0.15, 0.2) is 0 Å². The number of rotatable bonds is 3. The molecule has 1 aliphatic rings. The average molecular weight is 356 g/mol. The van der Waals surface area contributed by atoms with Gasteiger partial charge in [-0.2, -0.15) is 0 Å². The molecule has 100 valence electrons. The molecule has 1 amide bonds. The number of hydrogen-bond acceptors (Lipinski definition) is 3. The molecule has 1 fully saturated rings. The normalized spacial score (nSPS) is 17.5. The maximum atomic E-state index is 12.4. The van der Waals surface area contributed by atoms with Crippen LogP contribution in [0.15, 0.2) is 33.4 Å². The highest BCUT2D eigenvalue weighted by Crippen LogP contribution is 2.41. The van der Waals surface area contributed by atoms with Crippen LogP contribution < -0.4 is 5.32 Å². The summed E-state index contributed by atoms with van der Waals surface area (Å²) in [5.41, 5.74) is -0.137. The van der Waals surface area contributed by atoms with Gasteiger partial charge in [-0.05, 0) is 46.3 Å². The van der Waals surface area contributed by atoms with E-state index in [2.05, 4.69) is 38.8 Å². The summed E-state index contributed by atoms with van der Waals surface area (Å²) in [6.07, 6.45) is 4.47. The van der Waals surface area contributed by atoms with E-state index in [1.54, 1.807) is 11.3 Å². The Labute approximate surface area is 129 Å². The largest absolute Gasteiger partial charge is 0.341 e. The maximum absolute atomic E-state index is 12.4. The molecule has 2 nitrogen and oxygen atoms in total. The fraction of sp³-hybridized carbons (Fsp3) is 0.357. The highest BCUT2D eigenvalue weighted by molar-refractivity contribution is 9.10. The predicted molar refractivity (Wildman–Crippen MR) is 84.0 cm³/mol. The van der Waals surface area contributed by atoms with Crippen molar-refractivity contribution in [2.75, 3.05) is 0 Å². The van der Waals surface area contributed by atoms with Crippen LogP contribution in [-0.2, 0) is 5.54 Å². The van der Waals surface area contributed by atoms with E-state index in [4.69, 9.17) is 0 Å². The molecule has 0 aromatic carbocycles. The quantitative estimate of drug-likeness (QED) is 0.843. The Morgan fingerprint density at radius 1 is 1.32 bits per heavy atom. The van der Waals surface area contributed by atoms with E-state index in [-0.39, 0.29) is 11.4 Å². The van der Waals surface area contributed by atoms with Crippen LogP contribution >= 0.6 is 38.6 Å². The fourth-order valence-corrected chi connectivity index (χ4v) is 4.94. The first-order valence-electron chi connectivity index (χ1n) is 6.30. The van der Waals surface area contributed by atoms with Crippen molar-refractivity contribution in [3.63, 3.8) is 0 Å². The SMILES string of the molecule is O=C(NC1(c2cccs2)CCCC1)c1cc(Br)cs1. The molecule has 0 spiro atoms. The number of hydrogen-bond donors (Lipinski definition) is 1. The first-order chi connectivity index (χ1) is 9.20. The van der Waals surface area contributed by atoms with Gasteiger partial charge in [0.25, 0.3) is 5.91 Å². The lowest BCUT2D eigenvalue weighted by Crippen LogP contribution is -2.42. The van der Waals surface area contributed by atoms with Gasteiger partial charge < -0.3 is 5.32 Å². The van der Waals surface area contributed by atoms with Crippen LogP contribution in [0.5, 0.6) is 0 Å². The number of carbonyl (C=O) groups is 1. The smallest absolute Gasteiger partial charge is 0.262 e. The second-order valence-corrected chi connectivity index (χ2v) is 7.62. The minimum Gasteiger partial charge on any atom is -0.341 e. The summed E-state index contributed by atoms with van der Waals surface area (Å²) in [7, 11) is 0. The van der Waals surface area contributed by atoms with E-state index in [1.807, 2.05) is 11.4 Å². The lowest BCUT2D eigenvalue weighted by Gasteiger charge is -2.29. The maximum Gasteiger partial charge on any atom is 0.262 e. The number of halogens is 1. The van der Waals surface area contributed by atoms with Gasteiger partial charge in [-0.25, -0.2) is 0 Å². The number of amides is 1. The van der Waals surface area contributed by atoms with E-state index in [9.17, 15) is 4.79 Å². The highest BCUT2D eigenvalue weighted by Gasteiger charge is 2.38. The van der Waals surface area contributed by atoms with E-state index in [1.165, 1.54) is 29.1 Å². The van der Waals surface area contributed by atoms with Crippen LogP contribution in [0.25, 0.3) is 0 Å². The summed E-state index contributed by atoms with van der Waals surface area (Å²) in [6.45, 7) is 0. The van der Waals surface area contributed by atoms with Crippen LogP contribution in [0.4, 0.5) is 0 Å². The van der Waals surface area contributed by atoms with Crippen LogP contribution in [-0.4, -0.2) is 5.91 Å². The Kier molecular flexibility index (Phi) is 3.78. The highest BCUT2D eigenvalue weighted by atomic mass is 79.9. The van der Waals surface area contributed by atoms with E-state index in [0.29, 0.717) is 0 Å². The second-order valence-electron chi connectivity index (χ2n) is 4.85. The number of nitrogens with one attached hydrogen (secondary N) is 1. The molecule has 2 aromatic heterocycles. The molecule has 0 saturated heterocycles. The van der Waals surface area contributed by atoms with Crippen molar-refractivity contribution >= 4 is 44.5 Å². The van der Waals surface area contributed by atoms with Crippen LogP contribution in [0, 0.1) is 0 Å². The van der Waals surface area contributed by atoms with Gasteiger partial charge in [0.2, 0.25) is 0 Å². The molecular formula is C14H14BrNOS2. The van der Waals surface area contributed by atoms with Crippen molar-refractivity contribution in [2.45, 2.75) is 31.2 Å². The second kappa shape index (κ2) is 5.38. The molecule has 1 aliphatic carbocycles. The van der Waals surface area contributed by atoms with Crippen molar-refractivity contribution in [3.8, 4) is 0 Å². The van der Waals surface area contributed by atoms with Crippen molar-refractivity contribution < 1.29 is 4.79 Å². The Balaban J connectivity index is 1.85. The van der Waals surface area contributed by atoms with Gasteiger partial charge in [0.1, 0.15) is 0 Å². The zero-order valence-corrected chi connectivity index (χ0v) is 13.5. The summed E-state index contributed by atoms with van der Waals surface area (Å²) in [4.78, 5) is 14.5. The predicted octanol–water partition coefficient (Wildman–Crippen LogP) is 4.77. The molecule has 1 saturated carbocycles. The Morgan fingerprint density at radius 2 is 2.11 bits per heavy atom. The first kappa shape index (κ1) is 13.3. The molecule has 0 aliphatic heterocycles. The summed E-state index contributed by atoms with van der Waals surface area (Å²) < 4.78 is 0.972. The Bertz CT molecular complexity index is 570. The lowest BCUT2D eigenvalue weighted by molar-refractivity contribution is 0.0904. The molecular weight excluding hydrogens is 342 g/mol. The van der Waals surface area contributed by atoms with Gasteiger partial charge in [0.05, 0.1) is 10.4 Å². The molecule has 2 heterocycles. The molecule has 2 aromatic rings. The number of thiophene rings is 2. The summed E-state index contributed by atoms with van der Waals surface area (Å²) in [6, 6.07) is 6.09. The molecule has 0 bridgehead atoms. The topological polar surface area (TPSA) is 29.1 Å². The zero-order valence-electron chi connectivity index (χ0n) is 10.3. The van der Waals surface area contributed by atoms with Gasteiger partial charge in [-0.15, -0.1) is 22.7 Å². The van der Waals surface area contributed by atoms with Crippen molar-refractivity contribution in [1.29, 1.82) is 0 Å². The fourth-order valence-electron chi connectivity index (χ4n) is 2.67. The summed E-state index contributed by atoms with van der Waals surface area (Å²) >= 11 is 6.62. The average Bonchev–Trinajstić information content (AvgIpc) is 3.08. The van der Waals surface area contributed by atoms with Crippen LogP contribution in [0.1, 0.15) is 40.2 Å². The monoisotopic (exact) mass is 355 g/mol. The lowest BCUT2D eigenvalue weighted by atomic mass is 9.95.